The first-order valence-electron chi connectivity index (χ1n) is 7.36. The molecule has 0 aliphatic rings. The Morgan fingerprint density at radius 3 is 2.48 bits per heavy atom. The summed E-state index contributed by atoms with van der Waals surface area (Å²) in [5.74, 6) is -1.26. The number of carbonyl (C=O) groups excluding carboxylic acids is 2. The molecule has 132 valence electrons. The predicted octanol–water partition coefficient (Wildman–Crippen LogP) is 2.25. The second-order valence-corrected chi connectivity index (χ2v) is 7.19. The second-order valence-electron chi connectivity index (χ2n) is 5.42. The number of Topliss-reactive ketones (excluding diaryl/α,β-unsaturated/α-hetero) is 1. The van der Waals surface area contributed by atoms with Crippen LogP contribution in [0.4, 0.5) is 10.1 Å². The lowest BCUT2D eigenvalue weighted by atomic mass is 10.1. The summed E-state index contributed by atoms with van der Waals surface area (Å²) in [6, 6.07) is 9.66. The van der Waals surface area contributed by atoms with Crippen LogP contribution < -0.4 is 10.0 Å². The third kappa shape index (κ3) is 4.94. The fourth-order valence-electron chi connectivity index (χ4n) is 2.05. The standard InChI is InChI=1S/C17H17FN2O4S/c1-11-8-15(6-7-16(11)18)25(23,24)19-10-17(22)20-14-5-3-4-13(9-14)12(2)21/h3-9,19H,10H2,1-2H3,(H,20,22). The van der Waals surface area contributed by atoms with Crippen molar-refractivity contribution in [3.05, 3.63) is 59.4 Å². The molecule has 0 bridgehead atoms. The highest BCUT2D eigenvalue weighted by Crippen LogP contribution is 2.14. The van der Waals surface area contributed by atoms with Crippen molar-refractivity contribution in [1.29, 1.82) is 0 Å². The fraction of sp³-hybridized carbons (Fsp3) is 0.176. The number of halogens is 1. The van der Waals surface area contributed by atoms with E-state index in [1.54, 1.807) is 18.2 Å². The zero-order valence-electron chi connectivity index (χ0n) is 13.7. The van der Waals surface area contributed by atoms with E-state index in [1.807, 2.05) is 0 Å². The monoisotopic (exact) mass is 364 g/mol. The van der Waals surface area contributed by atoms with Crippen molar-refractivity contribution in [2.24, 2.45) is 0 Å². The normalized spacial score (nSPS) is 11.2. The summed E-state index contributed by atoms with van der Waals surface area (Å²) in [6.07, 6.45) is 0. The van der Waals surface area contributed by atoms with Crippen LogP contribution in [0.3, 0.4) is 0 Å². The van der Waals surface area contributed by atoms with Crippen molar-refractivity contribution in [2.75, 3.05) is 11.9 Å². The number of benzene rings is 2. The minimum atomic E-state index is -3.94. The quantitative estimate of drug-likeness (QED) is 0.769. The van der Waals surface area contributed by atoms with Crippen LogP contribution in [-0.2, 0) is 14.8 Å². The molecular weight excluding hydrogens is 347 g/mol. The largest absolute Gasteiger partial charge is 0.325 e. The van der Waals surface area contributed by atoms with Crippen LogP contribution >= 0.6 is 0 Å². The number of ketones is 1. The van der Waals surface area contributed by atoms with Gasteiger partial charge >= 0.3 is 0 Å². The lowest BCUT2D eigenvalue weighted by Gasteiger charge is -2.09. The molecule has 0 heterocycles. The summed E-state index contributed by atoms with van der Waals surface area (Å²) < 4.78 is 39.7. The first-order valence-corrected chi connectivity index (χ1v) is 8.84. The van der Waals surface area contributed by atoms with Crippen LogP contribution in [0.25, 0.3) is 0 Å². The number of carbonyl (C=O) groups is 2. The lowest BCUT2D eigenvalue weighted by Crippen LogP contribution is -2.33. The van der Waals surface area contributed by atoms with Gasteiger partial charge in [-0.15, -0.1) is 0 Å². The van der Waals surface area contributed by atoms with Gasteiger partial charge in [-0.25, -0.2) is 17.5 Å². The van der Waals surface area contributed by atoms with Gasteiger partial charge in [0.25, 0.3) is 0 Å². The molecule has 0 aliphatic carbocycles. The van der Waals surface area contributed by atoms with Crippen LogP contribution in [0.5, 0.6) is 0 Å². The molecule has 0 atom stereocenters. The zero-order chi connectivity index (χ0) is 18.6. The highest BCUT2D eigenvalue weighted by Gasteiger charge is 2.16. The van der Waals surface area contributed by atoms with Crippen molar-refractivity contribution in [3.8, 4) is 0 Å². The molecule has 6 nitrogen and oxygen atoms in total. The molecule has 25 heavy (non-hydrogen) atoms. The summed E-state index contributed by atoms with van der Waals surface area (Å²) in [6.45, 7) is 2.35. The Kier molecular flexibility index (Phi) is 5.66. The first-order chi connectivity index (χ1) is 11.7. The van der Waals surface area contributed by atoms with Gasteiger partial charge in [-0.3, -0.25) is 9.59 Å². The van der Waals surface area contributed by atoms with Gasteiger partial charge in [0.2, 0.25) is 15.9 Å². The molecular formula is C17H17FN2O4S. The number of aryl methyl sites for hydroxylation is 1. The maximum absolute atomic E-state index is 13.2. The van der Waals surface area contributed by atoms with Gasteiger partial charge in [0.15, 0.2) is 5.78 Å². The molecule has 0 unspecified atom stereocenters. The van der Waals surface area contributed by atoms with Crippen LogP contribution in [0.2, 0.25) is 0 Å². The smallest absolute Gasteiger partial charge is 0.241 e. The van der Waals surface area contributed by atoms with E-state index in [0.29, 0.717) is 11.3 Å². The molecule has 0 saturated heterocycles. The van der Waals surface area contributed by atoms with Gasteiger partial charge in [0.1, 0.15) is 5.82 Å². The molecule has 0 aromatic heterocycles. The highest BCUT2D eigenvalue weighted by molar-refractivity contribution is 7.89. The molecule has 2 aromatic rings. The third-order valence-electron chi connectivity index (χ3n) is 3.42. The molecule has 0 spiro atoms. The van der Waals surface area contributed by atoms with Gasteiger partial charge in [-0.2, -0.15) is 0 Å². The van der Waals surface area contributed by atoms with Crippen LogP contribution in [0.15, 0.2) is 47.4 Å². The number of amides is 1. The van der Waals surface area contributed by atoms with E-state index >= 15 is 0 Å². The van der Waals surface area contributed by atoms with E-state index in [9.17, 15) is 22.4 Å². The molecule has 8 heteroatoms. The lowest BCUT2D eigenvalue weighted by molar-refractivity contribution is -0.115. The van der Waals surface area contributed by atoms with E-state index < -0.39 is 28.3 Å². The molecule has 0 saturated carbocycles. The summed E-state index contributed by atoms with van der Waals surface area (Å²) in [5, 5.41) is 2.50. The Hall–Kier alpha value is -2.58. The number of rotatable bonds is 6. The van der Waals surface area contributed by atoms with Crippen LogP contribution in [0.1, 0.15) is 22.8 Å². The van der Waals surface area contributed by atoms with Gasteiger partial charge in [-0.1, -0.05) is 12.1 Å². The summed E-state index contributed by atoms with van der Waals surface area (Å²) in [4.78, 5) is 23.1. The molecule has 1 amide bonds. The van der Waals surface area contributed by atoms with Gasteiger partial charge in [-0.05, 0) is 49.7 Å². The SMILES string of the molecule is CC(=O)c1cccc(NC(=O)CNS(=O)(=O)c2ccc(F)c(C)c2)c1. The summed E-state index contributed by atoms with van der Waals surface area (Å²) >= 11 is 0. The van der Waals surface area contributed by atoms with Crippen molar-refractivity contribution >= 4 is 27.4 Å². The Balaban J connectivity index is 2.02. The van der Waals surface area contributed by atoms with Crippen LogP contribution in [-0.4, -0.2) is 26.7 Å². The Bertz CT molecular complexity index is 926. The Morgan fingerprint density at radius 2 is 1.84 bits per heavy atom. The third-order valence-corrected chi connectivity index (χ3v) is 4.81. The summed E-state index contributed by atoms with van der Waals surface area (Å²) in [5.41, 5.74) is 1.00. The first kappa shape index (κ1) is 18.8. The molecule has 2 aromatic carbocycles. The van der Waals surface area contributed by atoms with Crippen molar-refractivity contribution < 1.29 is 22.4 Å². The van der Waals surface area contributed by atoms with Crippen LogP contribution in [0, 0.1) is 12.7 Å². The van der Waals surface area contributed by atoms with Crippen molar-refractivity contribution in [2.45, 2.75) is 18.7 Å². The number of anilines is 1. The van der Waals surface area contributed by atoms with Crippen molar-refractivity contribution in [1.82, 2.24) is 4.72 Å². The fourth-order valence-corrected chi connectivity index (χ4v) is 3.12. The minimum Gasteiger partial charge on any atom is -0.325 e. The molecule has 0 aliphatic heterocycles. The summed E-state index contributed by atoms with van der Waals surface area (Å²) in [7, 11) is -3.94. The highest BCUT2D eigenvalue weighted by atomic mass is 32.2. The molecule has 0 radical (unpaired) electrons. The van der Waals surface area contributed by atoms with E-state index in [-0.39, 0.29) is 16.2 Å². The maximum Gasteiger partial charge on any atom is 0.241 e. The second kappa shape index (κ2) is 7.54. The topological polar surface area (TPSA) is 92.3 Å². The Morgan fingerprint density at radius 1 is 1.12 bits per heavy atom. The van der Waals surface area contributed by atoms with Gasteiger partial charge in [0, 0.05) is 11.3 Å². The number of sulfonamides is 1. The number of hydrogen-bond donors (Lipinski definition) is 2. The Labute approximate surface area is 145 Å². The predicted molar refractivity (Wildman–Crippen MR) is 91.4 cm³/mol. The maximum atomic E-state index is 13.2. The van der Waals surface area contributed by atoms with E-state index in [2.05, 4.69) is 10.0 Å². The van der Waals surface area contributed by atoms with E-state index in [0.717, 1.165) is 12.1 Å². The average molecular weight is 364 g/mol. The zero-order valence-corrected chi connectivity index (χ0v) is 14.5. The number of nitrogens with one attached hydrogen (secondary N) is 2. The van der Waals surface area contributed by atoms with Gasteiger partial charge in [0.05, 0.1) is 11.4 Å². The van der Waals surface area contributed by atoms with E-state index in [1.165, 1.54) is 26.0 Å². The number of hydrogen-bond acceptors (Lipinski definition) is 4. The van der Waals surface area contributed by atoms with Crippen molar-refractivity contribution in [3.63, 3.8) is 0 Å². The molecule has 0 fully saturated rings. The van der Waals surface area contributed by atoms with E-state index in [4.69, 9.17) is 0 Å². The van der Waals surface area contributed by atoms with Gasteiger partial charge < -0.3 is 5.32 Å². The molecule has 2 rings (SSSR count). The molecule has 2 N–H and O–H groups in total. The average Bonchev–Trinajstić information content (AvgIpc) is 2.55. The minimum absolute atomic E-state index is 0.127.